The van der Waals surface area contributed by atoms with Gasteiger partial charge in [0, 0.05) is 37.6 Å². The van der Waals surface area contributed by atoms with Gasteiger partial charge in [0.15, 0.2) is 0 Å². The molecule has 1 unspecified atom stereocenters. The quantitative estimate of drug-likeness (QED) is 0.344. The number of allylic oxidation sites excluding steroid dienone is 1. The number of nitrogens with zero attached hydrogens (tertiary/aromatic N) is 4. The monoisotopic (exact) mass is 518 g/mol. The summed E-state index contributed by atoms with van der Waals surface area (Å²) in [7, 11) is 0. The Morgan fingerprint density at radius 3 is 2.21 bits per heavy atom. The van der Waals surface area contributed by atoms with Gasteiger partial charge >= 0.3 is 0 Å². The fraction of sp³-hybridized carbons (Fsp3) is 0.688. The summed E-state index contributed by atoms with van der Waals surface area (Å²) in [5.41, 5.74) is 1.72. The van der Waals surface area contributed by atoms with E-state index >= 15 is 0 Å². The van der Waals surface area contributed by atoms with Gasteiger partial charge in [-0.25, -0.2) is 9.36 Å². The molecule has 3 fully saturated rings. The molecule has 38 heavy (non-hydrogen) atoms. The summed E-state index contributed by atoms with van der Waals surface area (Å²) in [4.78, 5) is 25.5. The van der Waals surface area contributed by atoms with Crippen LogP contribution >= 0.6 is 0 Å². The first-order chi connectivity index (χ1) is 18.1. The minimum Gasteiger partial charge on any atom is -0.273 e. The molecule has 0 bridgehead atoms. The van der Waals surface area contributed by atoms with E-state index in [1.54, 1.807) is 24.8 Å². The van der Waals surface area contributed by atoms with Crippen molar-refractivity contribution in [2.75, 3.05) is 0 Å². The molecule has 3 aliphatic rings. The van der Waals surface area contributed by atoms with Crippen molar-refractivity contribution in [1.82, 2.24) is 19.6 Å². The fourth-order valence-electron chi connectivity index (χ4n) is 9.59. The molecule has 2 heterocycles. The Kier molecular flexibility index (Phi) is 7.54. The van der Waals surface area contributed by atoms with Crippen molar-refractivity contribution in [3.63, 3.8) is 0 Å². The van der Waals surface area contributed by atoms with Gasteiger partial charge < -0.3 is 0 Å². The van der Waals surface area contributed by atoms with Crippen molar-refractivity contribution < 1.29 is 9.59 Å². The van der Waals surface area contributed by atoms with Crippen molar-refractivity contribution in [3.8, 4) is 0 Å². The average Bonchev–Trinajstić information content (AvgIpc) is 3.66. The van der Waals surface area contributed by atoms with Crippen LogP contribution in [0.5, 0.6) is 0 Å². The zero-order valence-electron chi connectivity index (χ0n) is 23.8. The standard InChI is InChI=1S/C32H46N4O2/c1-22(2)25-10-9-24-27-12-11-26(23(3)8-13-29(37)35-20-6-18-33-35)32(27,5)16-14-28(24)31(25,4)17-15-30(38)36-21-7-19-34-36/h6-7,18-21,23-28H,1,8-17H2,2-5H3/t23-,24+,25?,26-,27+,28+,31+,32-/m1/s1. The number of carbonyl (C=O) groups is 2. The third-order valence-electron chi connectivity index (χ3n) is 11.4. The van der Waals surface area contributed by atoms with Crippen LogP contribution in [-0.4, -0.2) is 31.4 Å². The maximum Gasteiger partial charge on any atom is 0.246 e. The third kappa shape index (κ3) is 4.73. The number of carbonyl (C=O) groups excluding carboxylic acids is 2. The smallest absolute Gasteiger partial charge is 0.246 e. The summed E-state index contributed by atoms with van der Waals surface area (Å²) in [5, 5.41) is 8.30. The van der Waals surface area contributed by atoms with Gasteiger partial charge in [0.05, 0.1) is 0 Å². The van der Waals surface area contributed by atoms with Crippen molar-refractivity contribution in [2.24, 2.45) is 46.3 Å². The lowest BCUT2D eigenvalue weighted by atomic mass is 9.45. The molecule has 0 N–H and O–H groups in total. The lowest BCUT2D eigenvalue weighted by Crippen LogP contribution is -2.52. The summed E-state index contributed by atoms with van der Waals surface area (Å²) in [6.07, 6.45) is 17.4. The minimum absolute atomic E-state index is 0.0960. The zero-order chi connectivity index (χ0) is 27.1. The van der Waals surface area contributed by atoms with Gasteiger partial charge in [-0.3, -0.25) is 9.59 Å². The van der Waals surface area contributed by atoms with Crippen molar-refractivity contribution in [2.45, 2.75) is 91.9 Å². The van der Waals surface area contributed by atoms with Crippen molar-refractivity contribution >= 4 is 11.8 Å². The van der Waals surface area contributed by atoms with E-state index in [1.165, 1.54) is 53.5 Å². The van der Waals surface area contributed by atoms with Crippen molar-refractivity contribution in [1.29, 1.82) is 0 Å². The van der Waals surface area contributed by atoms with Crippen LogP contribution in [0.1, 0.15) is 101 Å². The fourth-order valence-corrected chi connectivity index (χ4v) is 9.59. The largest absolute Gasteiger partial charge is 0.273 e. The Morgan fingerprint density at radius 1 is 0.947 bits per heavy atom. The summed E-state index contributed by atoms with van der Waals surface area (Å²) in [5.74, 6) is 3.97. The van der Waals surface area contributed by atoms with Gasteiger partial charge in [-0.15, -0.1) is 0 Å². The third-order valence-corrected chi connectivity index (χ3v) is 11.4. The molecule has 3 saturated carbocycles. The molecule has 6 nitrogen and oxygen atoms in total. The van der Waals surface area contributed by atoms with Gasteiger partial charge in [-0.2, -0.15) is 10.2 Å². The molecule has 5 rings (SSSR count). The second kappa shape index (κ2) is 10.6. The van der Waals surface area contributed by atoms with Gasteiger partial charge in [-0.05, 0) is 117 Å². The molecule has 8 atom stereocenters. The number of hydrogen-bond acceptors (Lipinski definition) is 4. The Morgan fingerprint density at radius 2 is 1.61 bits per heavy atom. The molecule has 0 radical (unpaired) electrons. The molecule has 2 aromatic rings. The Balaban J connectivity index is 1.29. The van der Waals surface area contributed by atoms with E-state index in [1.807, 2.05) is 12.1 Å². The van der Waals surface area contributed by atoms with Crippen LogP contribution in [0.4, 0.5) is 0 Å². The Hall–Kier alpha value is -2.50. The molecule has 0 aliphatic heterocycles. The molecule has 0 aromatic carbocycles. The van der Waals surface area contributed by atoms with Crippen LogP contribution in [0.3, 0.4) is 0 Å². The van der Waals surface area contributed by atoms with E-state index in [-0.39, 0.29) is 17.2 Å². The molecule has 3 aliphatic carbocycles. The van der Waals surface area contributed by atoms with E-state index < -0.39 is 0 Å². The van der Waals surface area contributed by atoms with Crippen LogP contribution in [0.15, 0.2) is 49.1 Å². The Labute approximate surface area is 228 Å². The van der Waals surface area contributed by atoms with E-state index in [0.29, 0.717) is 41.9 Å². The molecule has 0 amide bonds. The topological polar surface area (TPSA) is 69.8 Å². The lowest BCUT2D eigenvalue weighted by Gasteiger charge is -2.60. The van der Waals surface area contributed by atoms with Gasteiger partial charge in [-0.1, -0.05) is 32.9 Å². The highest BCUT2D eigenvalue weighted by atomic mass is 16.2. The molecular weight excluding hydrogens is 472 g/mol. The van der Waals surface area contributed by atoms with Gasteiger partial charge in [0.1, 0.15) is 0 Å². The predicted octanol–water partition coefficient (Wildman–Crippen LogP) is 7.31. The van der Waals surface area contributed by atoms with E-state index in [4.69, 9.17) is 0 Å². The van der Waals surface area contributed by atoms with E-state index in [9.17, 15) is 9.59 Å². The highest BCUT2D eigenvalue weighted by molar-refractivity contribution is 5.78. The Bertz CT molecular complexity index is 1140. The number of hydrogen-bond donors (Lipinski definition) is 0. The minimum atomic E-state index is 0.0960. The SMILES string of the molecule is C=C(C)C1CC[C@H]2[C@@H]3CC[C@H]([C@H](C)CCC(=O)n4cccn4)[C@@]3(C)CC[C@@H]2[C@@]1(C)CCC(=O)n1cccn1. The molecule has 206 valence electrons. The van der Waals surface area contributed by atoms with Crippen LogP contribution in [0.25, 0.3) is 0 Å². The van der Waals surface area contributed by atoms with Crippen LogP contribution in [-0.2, 0) is 0 Å². The highest BCUT2D eigenvalue weighted by Crippen LogP contribution is 2.67. The molecule has 2 aromatic heterocycles. The second-order valence-corrected chi connectivity index (χ2v) is 13.3. The molecule has 0 saturated heterocycles. The first-order valence-corrected chi connectivity index (χ1v) is 14.9. The van der Waals surface area contributed by atoms with Gasteiger partial charge in [0.2, 0.25) is 11.8 Å². The summed E-state index contributed by atoms with van der Waals surface area (Å²) in [6, 6.07) is 3.63. The lowest BCUT2D eigenvalue weighted by molar-refractivity contribution is -0.0957. The second-order valence-electron chi connectivity index (χ2n) is 13.3. The van der Waals surface area contributed by atoms with Crippen molar-refractivity contribution in [3.05, 3.63) is 49.1 Å². The maximum absolute atomic E-state index is 12.9. The molecular formula is C32H46N4O2. The number of fused-ring (bicyclic) bond motifs is 3. The molecule has 0 spiro atoms. The highest BCUT2D eigenvalue weighted by Gasteiger charge is 2.60. The summed E-state index contributed by atoms with van der Waals surface area (Å²) in [6.45, 7) is 14.0. The maximum atomic E-state index is 12.9. The number of aromatic nitrogens is 4. The van der Waals surface area contributed by atoms with Crippen LogP contribution < -0.4 is 0 Å². The first kappa shape index (κ1) is 27.1. The summed E-state index contributed by atoms with van der Waals surface area (Å²) < 4.78 is 2.98. The summed E-state index contributed by atoms with van der Waals surface area (Å²) >= 11 is 0. The van der Waals surface area contributed by atoms with Crippen LogP contribution in [0, 0.1) is 46.3 Å². The molecule has 6 heteroatoms. The predicted molar refractivity (Wildman–Crippen MR) is 150 cm³/mol. The zero-order valence-corrected chi connectivity index (χ0v) is 23.8. The van der Waals surface area contributed by atoms with Crippen LogP contribution in [0.2, 0.25) is 0 Å². The number of rotatable bonds is 8. The average molecular weight is 519 g/mol. The first-order valence-electron chi connectivity index (χ1n) is 14.9. The van der Waals surface area contributed by atoms with Gasteiger partial charge in [0.25, 0.3) is 0 Å². The van der Waals surface area contributed by atoms with E-state index in [2.05, 4.69) is 44.5 Å². The van der Waals surface area contributed by atoms with E-state index in [0.717, 1.165) is 24.7 Å². The normalized spacial score (nSPS) is 35.3.